The van der Waals surface area contributed by atoms with E-state index in [2.05, 4.69) is 0 Å². The zero-order valence-corrected chi connectivity index (χ0v) is 6.71. The van der Waals surface area contributed by atoms with E-state index in [1.54, 1.807) is 0 Å². The maximum absolute atomic E-state index is 10.6. The van der Waals surface area contributed by atoms with Crippen molar-refractivity contribution in [3.05, 3.63) is 0 Å². The standard InChI is InChI=1S/C4H6O3.C2H3F3O/c1-3(5)2-4(6)7;3-1(4)2(5)6/h2H2,1H3,(H,6,7);1-2,6H. The molecule has 1 unspecified atom stereocenters. The highest BCUT2D eigenvalue weighted by Gasteiger charge is 2.12. The number of ketones is 1. The Kier molecular flexibility index (Phi) is 8.36. The molecule has 0 aromatic heterocycles. The predicted molar refractivity (Wildman–Crippen MR) is 36.1 cm³/mol. The normalized spacial score (nSPS) is 11.5. The van der Waals surface area contributed by atoms with Gasteiger partial charge in [-0.3, -0.25) is 9.59 Å². The summed E-state index contributed by atoms with van der Waals surface area (Å²) >= 11 is 0. The summed E-state index contributed by atoms with van der Waals surface area (Å²) in [5.74, 6) is -1.37. The molecule has 0 rings (SSSR count). The molecule has 0 aliphatic carbocycles. The van der Waals surface area contributed by atoms with E-state index in [1.807, 2.05) is 0 Å². The lowest BCUT2D eigenvalue weighted by atomic mass is 10.3. The number of alkyl halides is 3. The molecule has 7 heteroatoms. The number of Topliss-reactive ketones (excluding diaryl/α,β-unsaturated/α-hetero) is 1. The fourth-order valence-corrected chi connectivity index (χ4v) is 0.213. The second-order valence-corrected chi connectivity index (χ2v) is 1.98. The highest BCUT2D eigenvalue weighted by atomic mass is 19.3. The average molecular weight is 202 g/mol. The summed E-state index contributed by atoms with van der Waals surface area (Å²) in [5.41, 5.74) is 0. The summed E-state index contributed by atoms with van der Waals surface area (Å²) in [7, 11) is 0. The maximum Gasteiger partial charge on any atom is 0.310 e. The number of halogens is 3. The van der Waals surface area contributed by atoms with Gasteiger partial charge in [0.2, 0.25) is 0 Å². The van der Waals surface area contributed by atoms with Gasteiger partial charge in [-0.05, 0) is 6.92 Å². The molecule has 78 valence electrons. The fraction of sp³-hybridized carbons (Fsp3) is 0.667. The molecule has 0 aromatic rings. The van der Waals surface area contributed by atoms with E-state index in [0.717, 1.165) is 0 Å². The summed E-state index contributed by atoms with van der Waals surface area (Å²) < 4.78 is 31.7. The molecule has 1 atom stereocenters. The number of aliphatic hydroxyl groups is 1. The zero-order valence-electron chi connectivity index (χ0n) is 6.71. The van der Waals surface area contributed by atoms with Gasteiger partial charge in [-0.25, -0.2) is 13.2 Å². The highest BCUT2D eigenvalue weighted by Crippen LogP contribution is 1.98. The van der Waals surface area contributed by atoms with E-state index in [1.165, 1.54) is 6.92 Å². The van der Waals surface area contributed by atoms with Crippen LogP contribution in [-0.4, -0.2) is 34.7 Å². The first-order chi connectivity index (χ1) is 5.77. The maximum atomic E-state index is 10.6. The van der Waals surface area contributed by atoms with Gasteiger partial charge in [0, 0.05) is 0 Å². The molecule has 0 saturated heterocycles. The Morgan fingerprint density at radius 3 is 1.62 bits per heavy atom. The molecule has 0 amide bonds. The molecule has 0 heterocycles. The molecule has 4 nitrogen and oxygen atoms in total. The van der Waals surface area contributed by atoms with Crippen molar-refractivity contribution in [3.63, 3.8) is 0 Å². The molecule has 0 aliphatic heterocycles. The molecule has 13 heavy (non-hydrogen) atoms. The van der Waals surface area contributed by atoms with E-state index < -0.39 is 18.8 Å². The highest BCUT2D eigenvalue weighted by molar-refractivity contribution is 5.93. The smallest absolute Gasteiger partial charge is 0.310 e. The first-order valence-corrected chi connectivity index (χ1v) is 3.09. The summed E-state index contributed by atoms with van der Waals surface area (Å²) in [4.78, 5) is 19.5. The Balaban J connectivity index is 0. The van der Waals surface area contributed by atoms with Crippen molar-refractivity contribution in [2.45, 2.75) is 26.1 Å². The number of hydrogen-bond acceptors (Lipinski definition) is 3. The minimum absolute atomic E-state index is 0.312. The molecule has 0 spiro atoms. The quantitative estimate of drug-likeness (QED) is 0.657. The molecule has 0 aliphatic rings. The summed E-state index contributed by atoms with van der Waals surface area (Å²) in [5, 5.41) is 15.1. The van der Waals surface area contributed by atoms with Gasteiger partial charge in [0.25, 0.3) is 12.8 Å². The minimum Gasteiger partial charge on any atom is -0.481 e. The van der Waals surface area contributed by atoms with Crippen molar-refractivity contribution in [1.82, 2.24) is 0 Å². The summed E-state index contributed by atoms with van der Waals surface area (Å²) in [6, 6.07) is 0. The van der Waals surface area contributed by atoms with Crippen molar-refractivity contribution in [3.8, 4) is 0 Å². The van der Waals surface area contributed by atoms with Crippen molar-refractivity contribution in [2.24, 2.45) is 0 Å². The van der Waals surface area contributed by atoms with Crippen LogP contribution >= 0.6 is 0 Å². The van der Waals surface area contributed by atoms with Crippen LogP contribution in [0.25, 0.3) is 0 Å². The lowest BCUT2D eigenvalue weighted by Gasteiger charge is -1.92. The van der Waals surface area contributed by atoms with E-state index in [-0.39, 0.29) is 12.2 Å². The van der Waals surface area contributed by atoms with Crippen LogP contribution < -0.4 is 0 Å². The minimum atomic E-state index is -3.26. The number of aliphatic hydroxyl groups excluding tert-OH is 1. The Bertz CT molecular complexity index is 151. The van der Waals surface area contributed by atoms with Crippen LogP contribution in [0.15, 0.2) is 0 Å². The molecular formula is C6H9F3O4. The second kappa shape index (κ2) is 7.53. The number of hydrogen-bond donors (Lipinski definition) is 2. The second-order valence-electron chi connectivity index (χ2n) is 1.98. The number of carbonyl (C=O) groups is 2. The van der Waals surface area contributed by atoms with E-state index in [0.29, 0.717) is 0 Å². The van der Waals surface area contributed by atoms with Crippen molar-refractivity contribution in [1.29, 1.82) is 0 Å². The van der Waals surface area contributed by atoms with E-state index in [4.69, 9.17) is 10.2 Å². The first-order valence-electron chi connectivity index (χ1n) is 3.09. The topological polar surface area (TPSA) is 74.6 Å². The van der Waals surface area contributed by atoms with Gasteiger partial charge in [0.15, 0.2) is 0 Å². The Morgan fingerprint density at radius 1 is 1.31 bits per heavy atom. The lowest BCUT2D eigenvalue weighted by Crippen LogP contribution is -2.08. The van der Waals surface area contributed by atoms with Gasteiger partial charge in [-0.1, -0.05) is 0 Å². The molecule has 0 bridgehead atoms. The van der Waals surface area contributed by atoms with E-state index in [9.17, 15) is 22.8 Å². The van der Waals surface area contributed by atoms with Gasteiger partial charge in [0.1, 0.15) is 12.2 Å². The molecule has 0 saturated carbocycles. The third-order valence-corrected chi connectivity index (χ3v) is 0.608. The molecule has 0 radical (unpaired) electrons. The van der Waals surface area contributed by atoms with Crippen LogP contribution in [0.5, 0.6) is 0 Å². The van der Waals surface area contributed by atoms with Gasteiger partial charge >= 0.3 is 5.97 Å². The van der Waals surface area contributed by atoms with Gasteiger partial charge in [-0.2, -0.15) is 0 Å². The fourth-order valence-electron chi connectivity index (χ4n) is 0.213. The van der Waals surface area contributed by atoms with Gasteiger partial charge in [-0.15, -0.1) is 0 Å². The Hall–Kier alpha value is -1.11. The monoisotopic (exact) mass is 202 g/mol. The molecule has 2 N–H and O–H groups in total. The van der Waals surface area contributed by atoms with Crippen LogP contribution in [0, 0.1) is 0 Å². The number of carboxylic acid groups (broad SMARTS) is 1. The molecule has 0 fully saturated rings. The van der Waals surface area contributed by atoms with Crippen molar-refractivity contribution >= 4 is 11.8 Å². The van der Waals surface area contributed by atoms with E-state index >= 15 is 0 Å². The SMILES string of the molecule is CC(=O)CC(=O)O.OC(F)C(F)F. The molecular weight excluding hydrogens is 193 g/mol. The van der Waals surface area contributed by atoms with Crippen molar-refractivity contribution in [2.75, 3.05) is 0 Å². The number of carbonyl (C=O) groups excluding carboxylic acids is 1. The van der Waals surface area contributed by atoms with Crippen LogP contribution in [0.2, 0.25) is 0 Å². The largest absolute Gasteiger partial charge is 0.481 e. The van der Waals surface area contributed by atoms with Crippen LogP contribution in [0.1, 0.15) is 13.3 Å². The number of rotatable bonds is 3. The number of aliphatic carboxylic acids is 1. The van der Waals surface area contributed by atoms with Crippen LogP contribution in [0.3, 0.4) is 0 Å². The third kappa shape index (κ3) is 18.1. The first kappa shape index (κ1) is 14.4. The van der Waals surface area contributed by atoms with Crippen LogP contribution in [-0.2, 0) is 9.59 Å². The summed E-state index contributed by atoms with van der Waals surface area (Å²) in [6.07, 6.45) is -6.60. The Morgan fingerprint density at radius 2 is 1.62 bits per heavy atom. The third-order valence-electron chi connectivity index (χ3n) is 0.608. The number of carboxylic acids is 1. The summed E-state index contributed by atoms with van der Waals surface area (Å²) in [6.45, 7) is 1.24. The predicted octanol–water partition coefficient (Wildman–Crippen LogP) is 0.589. The van der Waals surface area contributed by atoms with Gasteiger partial charge < -0.3 is 10.2 Å². The van der Waals surface area contributed by atoms with Crippen molar-refractivity contribution < 1.29 is 33.0 Å². The average Bonchev–Trinajstić information content (AvgIpc) is 1.84. The van der Waals surface area contributed by atoms with Crippen LogP contribution in [0.4, 0.5) is 13.2 Å². The van der Waals surface area contributed by atoms with Gasteiger partial charge in [0.05, 0.1) is 0 Å². The Labute approximate surface area is 72.0 Å². The lowest BCUT2D eigenvalue weighted by molar-refractivity contribution is -0.139. The molecule has 0 aromatic carbocycles. The zero-order chi connectivity index (χ0) is 11.0.